The Kier molecular flexibility index (Phi) is 5.38. The molecule has 34 heavy (non-hydrogen) atoms. The summed E-state index contributed by atoms with van der Waals surface area (Å²) in [4.78, 5) is 25.2. The number of halogens is 6. The zero-order valence-corrected chi connectivity index (χ0v) is 16.8. The van der Waals surface area contributed by atoms with Crippen molar-refractivity contribution in [1.82, 2.24) is 24.4 Å². The van der Waals surface area contributed by atoms with E-state index >= 15 is 0 Å². The van der Waals surface area contributed by atoms with E-state index in [-0.39, 0.29) is 5.69 Å². The third kappa shape index (κ3) is 4.33. The summed E-state index contributed by atoms with van der Waals surface area (Å²) in [5.41, 5.74) is -4.13. The van der Waals surface area contributed by atoms with Crippen LogP contribution in [0.4, 0.5) is 32.0 Å². The number of pyridine rings is 1. The van der Waals surface area contributed by atoms with Crippen LogP contribution in [0, 0.1) is 0 Å². The number of nitrogens with zero attached hydrogens (tertiary/aromatic N) is 5. The van der Waals surface area contributed by atoms with E-state index in [2.05, 4.69) is 27.2 Å². The largest absolute Gasteiger partial charge is 0.417 e. The van der Waals surface area contributed by atoms with Crippen molar-refractivity contribution in [3.8, 4) is 0 Å². The van der Waals surface area contributed by atoms with Crippen LogP contribution in [0.15, 0.2) is 54.2 Å². The van der Waals surface area contributed by atoms with Crippen LogP contribution in [0.3, 0.4) is 0 Å². The van der Waals surface area contributed by atoms with Crippen LogP contribution in [-0.4, -0.2) is 36.5 Å². The monoisotopic (exact) mass is 482 g/mol. The molecule has 0 aliphatic rings. The maximum Gasteiger partial charge on any atom is 0.417 e. The summed E-state index contributed by atoms with van der Waals surface area (Å²) in [5.74, 6) is -0.822. The highest BCUT2D eigenvalue weighted by Crippen LogP contribution is 2.36. The molecule has 0 aliphatic carbocycles. The number of hydrogen-bond donors (Lipinski definition) is 1. The smallest absolute Gasteiger partial charge is 0.323 e. The van der Waals surface area contributed by atoms with E-state index in [1.54, 1.807) is 0 Å². The number of anilines is 1. The highest BCUT2D eigenvalue weighted by Gasteiger charge is 2.37. The second kappa shape index (κ2) is 7.97. The molecule has 3 heterocycles. The summed E-state index contributed by atoms with van der Waals surface area (Å²) < 4.78 is 81.3. The molecule has 176 valence electrons. The molecule has 1 amide bonds. The van der Waals surface area contributed by atoms with Gasteiger partial charge in [0, 0.05) is 11.6 Å². The number of aromatic nitrogens is 5. The Hall–Kier alpha value is -4.23. The van der Waals surface area contributed by atoms with Gasteiger partial charge in [-0.05, 0) is 30.3 Å². The minimum absolute atomic E-state index is 0.265. The number of hydrogen-bond acceptors (Lipinski definition) is 5. The highest BCUT2D eigenvalue weighted by atomic mass is 19.4. The van der Waals surface area contributed by atoms with Crippen LogP contribution in [-0.2, 0) is 17.5 Å². The fraction of sp³-hybridized carbons (Fsp3) is 0.150. The molecule has 0 unspecified atom stereocenters. The Labute approximate surface area is 185 Å². The zero-order chi connectivity index (χ0) is 24.8. The van der Waals surface area contributed by atoms with Crippen molar-refractivity contribution in [1.29, 1.82) is 0 Å². The van der Waals surface area contributed by atoms with Gasteiger partial charge in [-0.25, -0.2) is 4.68 Å². The van der Waals surface area contributed by atoms with Gasteiger partial charge < -0.3 is 5.32 Å². The quantitative estimate of drug-likeness (QED) is 0.448. The molecular formula is C20H12F6N6O2. The molecule has 0 aliphatic heterocycles. The van der Waals surface area contributed by atoms with E-state index in [0.29, 0.717) is 22.5 Å². The van der Waals surface area contributed by atoms with Crippen LogP contribution in [0.2, 0.25) is 0 Å². The van der Waals surface area contributed by atoms with Crippen molar-refractivity contribution in [3.05, 3.63) is 71.0 Å². The van der Waals surface area contributed by atoms with Gasteiger partial charge in [-0.2, -0.15) is 31.4 Å². The van der Waals surface area contributed by atoms with Crippen molar-refractivity contribution >= 4 is 33.6 Å². The second-order valence-corrected chi connectivity index (χ2v) is 7.11. The molecule has 1 N–H and O–H groups in total. The zero-order valence-electron chi connectivity index (χ0n) is 16.8. The van der Waals surface area contributed by atoms with E-state index in [4.69, 9.17) is 0 Å². The topological polar surface area (TPSA) is 94.2 Å². The first-order chi connectivity index (χ1) is 15.8. The van der Waals surface area contributed by atoms with Crippen LogP contribution in [0.1, 0.15) is 11.3 Å². The van der Waals surface area contributed by atoms with Gasteiger partial charge in [0.2, 0.25) is 5.91 Å². The lowest BCUT2D eigenvalue weighted by Gasteiger charge is -2.16. The van der Waals surface area contributed by atoms with Gasteiger partial charge in [0.05, 0.1) is 22.2 Å². The number of alkyl halides is 6. The second-order valence-electron chi connectivity index (χ2n) is 7.11. The lowest BCUT2D eigenvalue weighted by molar-refractivity contribution is -0.137. The fourth-order valence-corrected chi connectivity index (χ4v) is 3.16. The normalized spacial score (nSPS) is 12.3. The molecule has 0 saturated carbocycles. The summed E-state index contributed by atoms with van der Waals surface area (Å²) in [5, 5.41) is 12.3. The Morgan fingerprint density at radius 1 is 1.06 bits per heavy atom. The predicted molar refractivity (Wildman–Crippen MR) is 108 cm³/mol. The van der Waals surface area contributed by atoms with Crippen molar-refractivity contribution in [2.45, 2.75) is 18.9 Å². The van der Waals surface area contributed by atoms with Gasteiger partial charge in [-0.1, -0.05) is 6.58 Å². The predicted octanol–water partition coefficient (Wildman–Crippen LogP) is 3.67. The van der Waals surface area contributed by atoms with Gasteiger partial charge in [0.25, 0.3) is 5.56 Å². The molecule has 0 bridgehead atoms. The lowest BCUT2D eigenvalue weighted by Crippen LogP contribution is -2.31. The van der Waals surface area contributed by atoms with Crippen molar-refractivity contribution in [2.24, 2.45) is 0 Å². The van der Waals surface area contributed by atoms with E-state index in [1.807, 2.05) is 0 Å². The number of nitrogens with one attached hydrogen (secondary N) is 1. The third-order valence-electron chi connectivity index (χ3n) is 4.78. The maximum atomic E-state index is 13.3. The highest BCUT2D eigenvalue weighted by molar-refractivity contribution is 5.93. The summed E-state index contributed by atoms with van der Waals surface area (Å²) in [6.45, 7) is 2.07. The van der Waals surface area contributed by atoms with Gasteiger partial charge in [0.15, 0.2) is 5.65 Å². The lowest BCUT2D eigenvalue weighted by atomic mass is 10.0. The van der Waals surface area contributed by atoms with Crippen molar-refractivity contribution in [2.75, 3.05) is 5.32 Å². The van der Waals surface area contributed by atoms with E-state index in [0.717, 1.165) is 6.07 Å². The first kappa shape index (κ1) is 22.9. The van der Waals surface area contributed by atoms with E-state index < -0.39 is 58.0 Å². The van der Waals surface area contributed by atoms with Crippen LogP contribution in [0.25, 0.3) is 22.0 Å². The number of rotatable bonds is 4. The van der Waals surface area contributed by atoms with Gasteiger partial charge >= 0.3 is 12.4 Å². The Bertz CT molecular complexity index is 1500. The molecule has 4 rings (SSSR count). The number of benzene rings is 1. The van der Waals surface area contributed by atoms with Gasteiger partial charge in [0.1, 0.15) is 18.6 Å². The third-order valence-corrected chi connectivity index (χ3v) is 4.78. The molecule has 14 heteroatoms. The molecule has 0 atom stereocenters. The molecule has 0 spiro atoms. The molecule has 0 saturated heterocycles. The minimum Gasteiger partial charge on any atom is -0.323 e. The summed E-state index contributed by atoms with van der Waals surface area (Å²) in [7, 11) is 0. The van der Waals surface area contributed by atoms with E-state index in [1.165, 1.54) is 29.1 Å². The molecule has 1 aromatic carbocycles. The fourth-order valence-electron chi connectivity index (χ4n) is 3.16. The molecule has 3 aromatic heterocycles. The van der Waals surface area contributed by atoms with Crippen LogP contribution >= 0.6 is 0 Å². The number of amides is 1. The van der Waals surface area contributed by atoms with E-state index in [9.17, 15) is 35.9 Å². The molecule has 4 aromatic rings. The Balaban J connectivity index is 1.76. The molecule has 0 fully saturated rings. The SMILES string of the molecule is C=C(c1nn(CC(=O)Nc2ccc3nncn3c2)c(=O)c2ccc(C(F)(F)F)cc12)C(F)(F)F. The first-order valence-electron chi connectivity index (χ1n) is 9.32. The maximum absolute atomic E-state index is 13.3. The Morgan fingerprint density at radius 3 is 2.47 bits per heavy atom. The average Bonchev–Trinajstić information content (AvgIpc) is 3.21. The minimum atomic E-state index is -5.05. The number of carbonyl (C=O) groups excluding carboxylic acids is 1. The first-order valence-corrected chi connectivity index (χ1v) is 9.32. The number of carbonyl (C=O) groups is 1. The standard InChI is InChI=1S/C20H12F6N6O2/c1-10(19(21,22)23)17-14-6-11(20(24,25)26)2-4-13(14)18(34)32(30-17)8-16(33)28-12-3-5-15-29-27-9-31(15)7-12/h2-7,9H,1,8H2,(H,28,33). The average molecular weight is 482 g/mol. The molecule has 0 radical (unpaired) electrons. The van der Waals surface area contributed by atoms with Crippen molar-refractivity contribution in [3.63, 3.8) is 0 Å². The summed E-state index contributed by atoms with van der Waals surface area (Å²) in [6, 6.07) is 4.71. The molecule has 8 nitrogen and oxygen atoms in total. The summed E-state index contributed by atoms with van der Waals surface area (Å²) in [6.07, 6.45) is -7.09. The number of allylic oxidation sites excluding steroid dienone is 1. The number of fused-ring (bicyclic) bond motifs is 2. The van der Waals surface area contributed by atoms with Crippen molar-refractivity contribution < 1.29 is 31.1 Å². The van der Waals surface area contributed by atoms with Gasteiger partial charge in [-0.3, -0.25) is 14.0 Å². The van der Waals surface area contributed by atoms with Crippen LogP contribution < -0.4 is 10.9 Å². The molecular weight excluding hydrogens is 470 g/mol. The Morgan fingerprint density at radius 2 is 1.79 bits per heavy atom. The van der Waals surface area contributed by atoms with Gasteiger partial charge in [-0.15, -0.1) is 10.2 Å². The summed E-state index contributed by atoms with van der Waals surface area (Å²) >= 11 is 0. The van der Waals surface area contributed by atoms with Crippen LogP contribution in [0.5, 0.6) is 0 Å².